The second-order valence-corrected chi connectivity index (χ2v) is 9.85. The fourth-order valence-electron chi connectivity index (χ4n) is 4.12. The lowest BCUT2D eigenvalue weighted by molar-refractivity contribution is -0.124. The number of hydrogen-bond donors (Lipinski definition) is 0. The zero-order chi connectivity index (χ0) is 20.9. The van der Waals surface area contributed by atoms with Crippen LogP contribution in [0.2, 0.25) is 0 Å². The predicted molar refractivity (Wildman–Crippen MR) is 113 cm³/mol. The summed E-state index contributed by atoms with van der Waals surface area (Å²) in [4.78, 5) is 18.6. The van der Waals surface area contributed by atoms with Crippen molar-refractivity contribution in [3.05, 3.63) is 47.8 Å². The third kappa shape index (κ3) is 5.76. The third-order valence-electron chi connectivity index (χ3n) is 5.62. The van der Waals surface area contributed by atoms with Crippen LogP contribution < -0.4 is 0 Å². The molecule has 158 valence electrons. The quantitative estimate of drug-likeness (QED) is 0.627. The minimum absolute atomic E-state index is 0.0950. The van der Waals surface area contributed by atoms with Gasteiger partial charge in [0.25, 0.3) is 0 Å². The van der Waals surface area contributed by atoms with Crippen LogP contribution in [0, 0.1) is 5.92 Å². The van der Waals surface area contributed by atoms with Gasteiger partial charge in [0.1, 0.15) is 5.78 Å². The number of rotatable bonds is 9. The molecule has 1 fully saturated rings. The molecule has 1 aliphatic rings. The van der Waals surface area contributed by atoms with Crippen molar-refractivity contribution in [3.63, 3.8) is 0 Å². The number of Topliss-reactive ketones (excluding diaryl/α,β-unsaturated/α-hetero) is 1. The van der Waals surface area contributed by atoms with Crippen molar-refractivity contribution in [2.24, 2.45) is 5.92 Å². The van der Waals surface area contributed by atoms with Crippen LogP contribution in [0.1, 0.15) is 43.9 Å². The molecule has 7 heteroatoms. The SMILES string of the molecule is CCC(=O)[C@H]1CCCN(Cc2cnc(S(C)(=O)=O)n2CCCc2ccccc2)C1. The second-order valence-electron chi connectivity index (χ2n) is 7.94. The van der Waals surface area contributed by atoms with Crippen molar-refractivity contribution in [1.82, 2.24) is 14.5 Å². The Hall–Kier alpha value is -1.99. The van der Waals surface area contributed by atoms with Crippen molar-refractivity contribution < 1.29 is 13.2 Å². The first-order chi connectivity index (χ1) is 13.9. The van der Waals surface area contributed by atoms with E-state index in [1.807, 2.05) is 29.7 Å². The highest BCUT2D eigenvalue weighted by atomic mass is 32.2. The summed E-state index contributed by atoms with van der Waals surface area (Å²) in [7, 11) is -3.40. The van der Waals surface area contributed by atoms with Crippen LogP contribution in [0.3, 0.4) is 0 Å². The lowest BCUT2D eigenvalue weighted by atomic mass is 9.92. The third-order valence-corrected chi connectivity index (χ3v) is 6.61. The molecule has 3 rings (SSSR count). The molecule has 0 saturated carbocycles. The van der Waals surface area contributed by atoms with Crippen LogP contribution in [-0.2, 0) is 34.1 Å². The van der Waals surface area contributed by atoms with Gasteiger partial charge in [0, 0.05) is 38.2 Å². The summed E-state index contributed by atoms with van der Waals surface area (Å²) in [6.07, 6.45) is 7.15. The Kier molecular flexibility index (Phi) is 7.24. The van der Waals surface area contributed by atoms with Crippen molar-refractivity contribution in [2.45, 2.75) is 57.3 Å². The Bertz CT molecular complexity index is 922. The fraction of sp³-hybridized carbons (Fsp3) is 0.545. The molecule has 2 aromatic rings. The molecule has 0 N–H and O–H groups in total. The molecule has 6 nitrogen and oxygen atoms in total. The fourth-order valence-corrected chi connectivity index (χ4v) is 4.97. The Morgan fingerprint density at radius 3 is 2.69 bits per heavy atom. The summed E-state index contributed by atoms with van der Waals surface area (Å²) in [5, 5.41) is 0.138. The van der Waals surface area contributed by atoms with E-state index in [1.54, 1.807) is 6.20 Å². The summed E-state index contributed by atoms with van der Waals surface area (Å²) in [6, 6.07) is 10.2. The van der Waals surface area contributed by atoms with E-state index in [4.69, 9.17) is 0 Å². The van der Waals surface area contributed by atoms with Crippen molar-refractivity contribution in [2.75, 3.05) is 19.3 Å². The number of benzene rings is 1. The first-order valence-electron chi connectivity index (χ1n) is 10.4. The number of imidazole rings is 1. The van der Waals surface area contributed by atoms with E-state index in [9.17, 15) is 13.2 Å². The van der Waals surface area contributed by atoms with Crippen LogP contribution >= 0.6 is 0 Å². The second kappa shape index (κ2) is 9.67. The van der Waals surface area contributed by atoms with Gasteiger partial charge < -0.3 is 4.57 Å². The highest BCUT2D eigenvalue weighted by Crippen LogP contribution is 2.22. The number of carbonyl (C=O) groups is 1. The Balaban J connectivity index is 1.72. The van der Waals surface area contributed by atoms with Crippen LogP contribution in [0.5, 0.6) is 0 Å². The van der Waals surface area contributed by atoms with Gasteiger partial charge in [-0.05, 0) is 37.8 Å². The highest BCUT2D eigenvalue weighted by Gasteiger charge is 2.26. The van der Waals surface area contributed by atoms with E-state index < -0.39 is 9.84 Å². The molecule has 0 amide bonds. The van der Waals surface area contributed by atoms with Gasteiger partial charge in [0.15, 0.2) is 0 Å². The van der Waals surface area contributed by atoms with Crippen LogP contribution in [0.4, 0.5) is 0 Å². The van der Waals surface area contributed by atoms with Gasteiger partial charge >= 0.3 is 0 Å². The molecular weight excluding hydrogens is 386 g/mol. The average Bonchev–Trinajstić information content (AvgIpc) is 3.11. The maximum Gasteiger partial charge on any atom is 0.227 e. The summed E-state index contributed by atoms with van der Waals surface area (Å²) >= 11 is 0. The molecule has 1 aromatic heterocycles. The zero-order valence-electron chi connectivity index (χ0n) is 17.4. The van der Waals surface area contributed by atoms with Gasteiger partial charge in [-0.3, -0.25) is 9.69 Å². The number of aryl methyl sites for hydroxylation is 1. The predicted octanol–water partition coefficient (Wildman–Crippen LogP) is 3.11. The Morgan fingerprint density at radius 2 is 2.00 bits per heavy atom. The van der Waals surface area contributed by atoms with Crippen molar-refractivity contribution >= 4 is 15.6 Å². The molecule has 0 bridgehead atoms. The lowest BCUT2D eigenvalue weighted by Gasteiger charge is -2.32. The van der Waals surface area contributed by atoms with Gasteiger partial charge in [-0.15, -0.1) is 0 Å². The first-order valence-corrected chi connectivity index (χ1v) is 12.3. The molecule has 0 aliphatic carbocycles. The molecule has 0 radical (unpaired) electrons. The highest BCUT2D eigenvalue weighted by molar-refractivity contribution is 7.90. The molecule has 0 spiro atoms. The largest absolute Gasteiger partial charge is 0.318 e. The summed E-state index contributed by atoms with van der Waals surface area (Å²) in [5.74, 6) is 0.417. The number of aromatic nitrogens is 2. The van der Waals surface area contributed by atoms with Gasteiger partial charge in [0.05, 0.1) is 11.9 Å². The number of sulfone groups is 1. The zero-order valence-corrected chi connectivity index (χ0v) is 18.2. The summed E-state index contributed by atoms with van der Waals surface area (Å²) < 4.78 is 26.3. The number of carbonyl (C=O) groups excluding carboxylic acids is 1. The normalized spacial score (nSPS) is 18.1. The van der Waals surface area contributed by atoms with E-state index in [1.165, 1.54) is 11.8 Å². The number of nitrogens with zero attached hydrogens (tertiary/aromatic N) is 3. The summed E-state index contributed by atoms with van der Waals surface area (Å²) in [5.41, 5.74) is 2.15. The van der Waals surface area contributed by atoms with Gasteiger partial charge in [-0.1, -0.05) is 37.3 Å². The minimum atomic E-state index is -3.40. The van der Waals surface area contributed by atoms with Crippen molar-refractivity contribution in [1.29, 1.82) is 0 Å². The molecule has 0 unspecified atom stereocenters. The topological polar surface area (TPSA) is 72.3 Å². The number of likely N-dealkylation sites (tertiary alicyclic amines) is 1. The first kappa shape index (κ1) is 21.7. The molecule has 1 aromatic carbocycles. The van der Waals surface area contributed by atoms with Crippen molar-refractivity contribution in [3.8, 4) is 0 Å². The molecule has 1 atom stereocenters. The lowest BCUT2D eigenvalue weighted by Crippen LogP contribution is -2.38. The number of piperidine rings is 1. The number of hydrogen-bond acceptors (Lipinski definition) is 5. The van der Waals surface area contributed by atoms with E-state index >= 15 is 0 Å². The minimum Gasteiger partial charge on any atom is -0.318 e. The molecular formula is C22H31N3O3S. The average molecular weight is 418 g/mol. The Labute approximate surface area is 173 Å². The van der Waals surface area contributed by atoms with E-state index in [-0.39, 0.29) is 11.1 Å². The van der Waals surface area contributed by atoms with Crippen LogP contribution in [-0.4, -0.2) is 48.0 Å². The maximum absolute atomic E-state index is 12.2. The number of ketones is 1. The van der Waals surface area contributed by atoms with Gasteiger partial charge in [-0.2, -0.15) is 0 Å². The van der Waals surface area contributed by atoms with E-state index in [0.29, 0.717) is 25.3 Å². The molecule has 1 saturated heterocycles. The molecule has 1 aliphatic heterocycles. The molecule has 2 heterocycles. The smallest absolute Gasteiger partial charge is 0.227 e. The molecule has 29 heavy (non-hydrogen) atoms. The standard InChI is InChI=1S/C22H31N3O3S/c1-3-21(26)19-12-8-13-24(16-19)17-20-15-23-22(29(2,27)28)25(20)14-7-11-18-9-5-4-6-10-18/h4-6,9-10,15,19H,3,7-8,11-14,16-17H2,1-2H3/t19-/m0/s1. The van der Waals surface area contributed by atoms with Gasteiger partial charge in [-0.25, -0.2) is 13.4 Å². The van der Waals surface area contributed by atoms with Crippen LogP contribution in [0.15, 0.2) is 41.7 Å². The summed E-state index contributed by atoms with van der Waals surface area (Å²) in [6.45, 7) is 4.83. The van der Waals surface area contributed by atoms with Gasteiger partial charge in [0.2, 0.25) is 15.0 Å². The van der Waals surface area contributed by atoms with E-state index in [2.05, 4.69) is 22.0 Å². The van der Waals surface area contributed by atoms with Crippen LogP contribution in [0.25, 0.3) is 0 Å². The Morgan fingerprint density at radius 1 is 1.24 bits per heavy atom. The van der Waals surface area contributed by atoms with E-state index in [0.717, 1.165) is 44.5 Å². The maximum atomic E-state index is 12.2. The monoisotopic (exact) mass is 417 g/mol.